The van der Waals surface area contributed by atoms with Crippen molar-refractivity contribution in [2.45, 2.75) is 0 Å². The third-order valence-corrected chi connectivity index (χ3v) is 4.51. The van der Waals surface area contributed by atoms with E-state index >= 15 is 0 Å². The van der Waals surface area contributed by atoms with Gasteiger partial charge in [-0.25, -0.2) is 9.50 Å². The number of piperazine rings is 1. The van der Waals surface area contributed by atoms with Gasteiger partial charge in [0, 0.05) is 37.4 Å². The molecule has 6 heteroatoms. The summed E-state index contributed by atoms with van der Waals surface area (Å²) in [6.45, 7) is 4.20. The maximum atomic E-state index is 11.0. The number of rotatable bonds is 3. The summed E-state index contributed by atoms with van der Waals surface area (Å²) in [6, 6.07) is 11.9. The lowest BCUT2D eigenvalue weighted by Gasteiger charge is -2.34. The van der Waals surface area contributed by atoms with Crippen molar-refractivity contribution in [3.63, 3.8) is 0 Å². The summed E-state index contributed by atoms with van der Waals surface area (Å²) < 4.78 is 1.73. The van der Waals surface area contributed by atoms with Gasteiger partial charge in [0.2, 0.25) is 0 Å². The fourth-order valence-corrected chi connectivity index (χ4v) is 3.07. The molecule has 4 rings (SSSR count). The van der Waals surface area contributed by atoms with Crippen LogP contribution in [0, 0.1) is 0 Å². The van der Waals surface area contributed by atoms with E-state index in [9.17, 15) is 4.79 Å². The Morgan fingerprint density at radius 2 is 1.92 bits per heavy atom. The van der Waals surface area contributed by atoms with Crippen LogP contribution in [0.5, 0.6) is 0 Å². The Morgan fingerprint density at radius 3 is 2.71 bits per heavy atom. The molecule has 0 saturated carbocycles. The summed E-state index contributed by atoms with van der Waals surface area (Å²) in [7, 11) is 2.16. The number of likely N-dealkylation sites (N-methyl/N-ethyl adjacent to an activating group) is 1. The normalized spacial score (nSPS) is 15.8. The quantitative estimate of drug-likeness (QED) is 0.690. The van der Waals surface area contributed by atoms with Gasteiger partial charge in [-0.3, -0.25) is 4.79 Å². The first-order valence-electron chi connectivity index (χ1n) is 8.08. The van der Waals surface area contributed by atoms with Crippen LogP contribution in [0.25, 0.3) is 16.9 Å². The largest absolute Gasteiger partial charge is 0.369 e. The van der Waals surface area contributed by atoms with E-state index in [0.29, 0.717) is 5.69 Å². The molecule has 0 spiro atoms. The molecule has 0 aliphatic carbocycles. The van der Waals surface area contributed by atoms with Gasteiger partial charge in [-0.1, -0.05) is 12.1 Å². The molecular formula is C18H19N5O. The Bertz CT molecular complexity index is 880. The Balaban J connectivity index is 1.72. The molecule has 0 amide bonds. The van der Waals surface area contributed by atoms with E-state index in [-0.39, 0.29) is 0 Å². The van der Waals surface area contributed by atoms with Crippen LogP contribution < -0.4 is 4.90 Å². The molecule has 6 nitrogen and oxygen atoms in total. The molecule has 122 valence electrons. The Morgan fingerprint density at radius 1 is 1.08 bits per heavy atom. The molecule has 1 aromatic carbocycles. The molecule has 0 unspecified atom stereocenters. The zero-order valence-electron chi connectivity index (χ0n) is 13.6. The van der Waals surface area contributed by atoms with Gasteiger partial charge >= 0.3 is 0 Å². The van der Waals surface area contributed by atoms with Crippen LogP contribution in [0.3, 0.4) is 0 Å². The molecule has 0 bridgehead atoms. The van der Waals surface area contributed by atoms with Crippen LogP contribution in [-0.4, -0.2) is 59.0 Å². The molecule has 3 aromatic rings. The summed E-state index contributed by atoms with van der Waals surface area (Å²) in [5.41, 5.74) is 4.29. The lowest BCUT2D eigenvalue weighted by Crippen LogP contribution is -2.44. The molecule has 1 aliphatic rings. The first-order chi connectivity index (χ1) is 11.7. The zero-order valence-corrected chi connectivity index (χ0v) is 13.6. The highest BCUT2D eigenvalue weighted by Gasteiger charge is 2.15. The fourth-order valence-electron chi connectivity index (χ4n) is 3.07. The van der Waals surface area contributed by atoms with Crippen molar-refractivity contribution in [3.05, 3.63) is 48.3 Å². The third-order valence-electron chi connectivity index (χ3n) is 4.51. The lowest BCUT2D eigenvalue weighted by atomic mass is 10.1. The third kappa shape index (κ3) is 2.65. The van der Waals surface area contributed by atoms with Crippen molar-refractivity contribution in [2.75, 3.05) is 38.1 Å². The van der Waals surface area contributed by atoms with Crippen molar-refractivity contribution >= 4 is 17.6 Å². The van der Waals surface area contributed by atoms with Crippen LogP contribution in [0.1, 0.15) is 10.5 Å². The van der Waals surface area contributed by atoms with Gasteiger partial charge in [0.25, 0.3) is 0 Å². The van der Waals surface area contributed by atoms with E-state index < -0.39 is 0 Å². The number of nitrogens with zero attached hydrogens (tertiary/aromatic N) is 5. The smallest absolute Gasteiger partial charge is 0.170 e. The average molecular weight is 321 g/mol. The molecule has 1 saturated heterocycles. The second-order valence-electron chi connectivity index (χ2n) is 6.13. The van der Waals surface area contributed by atoms with Gasteiger partial charge in [0.05, 0.1) is 11.9 Å². The minimum atomic E-state index is 0.400. The number of aromatic nitrogens is 3. The number of aldehydes is 1. The minimum Gasteiger partial charge on any atom is -0.369 e. The standard InChI is InChI=1S/C18H19N5O/c1-21-7-9-22(10-8-21)16-4-2-3-14(11-16)17-12-19-18-6-5-15(13-24)20-23(17)18/h2-6,11-13H,7-10H2,1H3. The van der Waals surface area contributed by atoms with Crippen molar-refractivity contribution in [3.8, 4) is 11.3 Å². The maximum Gasteiger partial charge on any atom is 0.170 e. The van der Waals surface area contributed by atoms with E-state index in [4.69, 9.17) is 0 Å². The highest BCUT2D eigenvalue weighted by Crippen LogP contribution is 2.25. The van der Waals surface area contributed by atoms with Crippen LogP contribution in [0.2, 0.25) is 0 Å². The number of hydrogen-bond donors (Lipinski definition) is 0. The first kappa shape index (κ1) is 14.8. The molecule has 2 aromatic heterocycles. The van der Waals surface area contributed by atoms with Crippen LogP contribution in [-0.2, 0) is 0 Å². The predicted molar refractivity (Wildman–Crippen MR) is 93.5 cm³/mol. The van der Waals surface area contributed by atoms with E-state index in [1.54, 1.807) is 16.8 Å². The fraction of sp³-hybridized carbons (Fsp3) is 0.278. The number of carbonyl (C=O) groups is 1. The molecular weight excluding hydrogens is 302 g/mol. The van der Waals surface area contributed by atoms with Gasteiger partial charge < -0.3 is 9.80 Å². The number of carbonyl (C=O) groups excluding carboxylic acids is 1. The topological polar surface area (TPSA) is 53.7 Å². The molecule has 0 radical (unpaired) electrons. The highest BCUT2D eigenvalue weighted by atomic mass is 16.1. The van der Waals surface area contributed by atoms with Gasteiger partial charge in [-0.2, -0.15) is 5.10 Å². The van der Waals surface area contributed by atoms with Crippen LogP contribution >= 0.6 is 0 Å². The van der Waals surface area contributed by atoms with Crippen molar-refractivity contribution < 1.29 is 4.79 Å². The van der Waals surface area contributed by atoms with E-state index in [0.717, 1.165) is 49.4 Å². The van der Waals surface area contributed by atoms with Gasteiger partial charge in [-0.05, 0) is 31.3 Å². The minimum absolute atomic E-state index is 0.400. The predicted octanol–water partition coefficient (Wildman–Crippen LogP) is 1.96. The number of benzene rings is 1. The number of anilines is 1. The molecule has 1 aliphatic heterocycles. The Labute approximate surface area is 140 Å². The number of imidazole rings is 1. The summed E-state index contributed by atoms with van der Waals surface area (Å²) >= 11 is 0. The summed E-state index contributed by atoms with van der Waals surface area (Å²) in [5.74, 6) is 0. The molecule has 24 heavy (non-hydrogen) atoms. The van der Waals surface area contributed by atoms with Gasteiger partial charge in [-0.15, -0.1) is 0 Å². The first-order valence-corrected chi connectivity index (χ1v) is 8.08. The summed E-state index contributed by atoms with van der Waals surface area (Å²) in [5, 5.41) is 4.35. The van der Waals surface area contributed by atoms with Crippen LogP contribution in [0.15, 0.2) is 42.6 Å². The van der Waals surface area contributed by atoms with Crippen LogP contribution in [0.4, 0.5) is 5.69 Å². The maximum absolute atomic E-state index is 11.0. The summed E-state index contributed by atoms with van der Waals surface area (Å²) in [4.78, 5) is 20.1. The van der Waals surface area contributed by atoms with E-state index in [2.05, 4.69) is 51.2 Å². The Hall–Kier alpha value is -2.73. The second-order valence-corrected chi connectivity index (χ2v) is 6.13. The molecule has 0 N–H and O–H groups in total. The molecule has 3 heterocycles. The number of hydrogen-bond acceptors (Lipinski definition) is 5. The monoisotopic (exact) mass is 321 g/mol. The van der Waals surface area contributed by atoms with Crippen molar-refractivity contribution in [1.29, 1.82) is 0 Å². The summed E-state index contributed by atoms with van der Waals surface area (Å²) in [6.07, 6.45) is 2.56. The van der Waals surface area contributed by atoms with Gasteiger partial charge in [0.1, 0.15) is 5.69 Å². The zero-order chi connectivity index (χ0) is 16.5. The lowest BCUT2D eigenvalue weighted by molar-refractivity contribution is 0.111. The number of fused-ring (bicyclic) bond motifs is 1. The molecule has 0 atom stereocenters. The average Bonchev–Trinajstić information content (AvgIpc) is 3.05. The van der Waals surface area contributed by atoms with E-state index in [1.807, 2.05) is 6.07 Å². The molecule has 1 fully saturated rings. The van der Waals surface area contributed by atoms with Crippen molar-refractivity contribution in [1.82, 2.24) is 19.5 Å². The van der Waals surface area contributed by atoms with E-state index in [1.165, 1.54) is 5.69 Å². The Kier molecular flexibility index (Phi) is 3.74. The SMILES string of the molecule is CN1CCN(c2cccc(-c3cnc4ccc(C=O)nn34)c2)CC1. The van der Waals surface area contributed by atoms with Crippen molar-refractivity contribution in [2.24, 2.45) is 0 Å². The highest BCUT2D eigenvalue weighted by molar-refractivity contribution is 5.73. The van der Waals surface area contributed by atoms with Gasteiger partial charge in [0.15, 0.2) is 11.9 Å². The second kappa shape index (κ2) is 6.05.